The highest BCUT2D eigenvalue weighted by Crippen LogP contribution is 2.38. The highest BCUT2D eigenvalue weighted by Gasteiger charge is 2.35. The van der Waals surface area contributed by atoms with Gasteiger partial charge in [-0.1, -0.05) is 44.7 Å². The Hall–Kier alpha value is -4.15. The maximum absolute atomic E-state index is 16.2. The Bertz CT molecular complexity index is 1810. The fourth-order valence-corrected chi connectivity index (χ4v) is 6.62. The molecule has 44 heavy (non-hydrogen) atoms. The molecule has 10 heteroatoms. The van der Waals surface area contributed by atoms with E-state index in [0.717, 1.165) is 11.1 Å². The first-order valence-electron chi connectivity index (χ1n) is 15.2. The number of aryl methyl sites for hydroxylation is 1. The van der Waals surface area contributed by atoms with E-state index in [1.165, 1.54) is 22.8 Å². The molecule has 1 fully saturated rings. The van der Waals surface area contributed by atoms with Crippen LogP contribution in [0.4, 0.5) is 20.3 Å². The molecular formula is C34H38F2N6O2. The lowest BCUT2D eigenvalue weighted by Gasteiger charge is -2.46. The smallest absolute Gasteiger partial charge is 0.355 e. The first kappa shape index (κ1) is 29.9. The Kier molecular flexibility index (Phi) is 7.98. The Morgan fingerprint density at radius 1 is 1.07 bits per heavy atom. The molecular weight excluding hydrogens is 562 g/mol. The second-order valence-electron chi connectivity index (χ2n) is 12.1. The molecule has 4 heterocycles. The first-order chi connectivity index (χ1) is 21.1. The van der Waals surface area contributed by atoms with Crippen molar-refractivity contribution in [1.82, 2.24) is 19.4 Å². The zero-order chi connectivity index (χ0) is 31.3. The number of nitrogens with one attached hydrogen (secondary N) is 1. The van der Waals surface area contributed by atoms with E-state index in [-0.39, 0.29) is 34.9 Å². The number of hydrogen-bond acceptors (Lipinski definition) is 7. The topological polar surface area (TPSA) is 86.5 Å². The van der Waals surface area contributed by atoms with Crippen molar-refractivity contribution in [2.45, 2.75) is 64.8 Å². The van der Waals surface area contributed by atoms with Gasteiger partial charge in [0, 0.05) is 37.4 Å². The number of piperazine rings is 1. The number of para-hydroxylation sites is 1. The maximum Gasteiger partial charge on any atom is 0.355 e. The number of benzene rings is 2. The molecule has 0 radical (unpaired) electrons. The fourth-order valence-electron chi connectivity index (χ4n) is 6.62. The molecule has 0 spiro atoms. The summed E-state index contributed by atoms with van der Waals surface area (Å²) in [5.41, 5.74) is 2.56. The Morgan fingerprint density at radius 3 is 2.59 bits per heavy atom. The zero-order valence-electron chi connectivity index (χ0n) is 25.5. The molecule has 1 saturated heterocycles. The summed E-state index contributed by atoms with van der Waals surface area (Å²) in [6, 6.07) is 11.6. The van der Waals surface area contributed by atoms with Gasteiger partial charge in [-0.05, 0) is 68.0 Å². The van der Waals surface area contributed by atoms with Gasteiger partial charge >= 0.3 is 5.69 Å². The van der Waals surface area contributed by atoms with Crippen LogP contribution in [0.3, 0.4) is 0 Å². The van der Waals surface area contributed by atoms with Gasteiger partial charge < -0.3 is 15.3 Å². The Balaban J connectivity index is 1.68. The number of pyridine rings is 1. The molecule has 6 rings (SSSR count). The summed E-state index contributed by atoms with van der Waals surface area (Å²) >= 11 is 0. The molecule has 1 unspecified atom stereocenters. The lowest BCUT2D eigenvalue weighted by Crippen LogP contribution is -2.59. The van der Waals surface area contributed by atoms with E-state index in [2.05, 4.69) is 30.7 Å². The van der Waals surface area contributed by atoms with Gasteiger partial charge in [0.15, 0.2) is 11.5 Å². The summed E-state index contributed by atoms with van der Waals surface area (Å²) in [6.45, 7) is 13.2. The predicted molar refractivity (Wildman–Crippen MR) is 171 cm³/mol. The Morgan fingerprint density at radius 2 is 1.84 bits per heavy atom. The number of aliphatic hydroxyl groups is 1. The monoisotopic (exact) mass is 600 g/mol. The third-order valence-corrected chi connectivity index (χ3v) is 8.84. The number of anilines is 2. The molecule has 230 valence electrons. The van der Waals surface area contributed by atoms with Crippen molar-refractivity contribution in [3.63, 3.8) is 0 Å². The lowest BCUT2D eigenvalue weighted by molar-refractivity contribution is 0.0000491. The number of nitrogens with zero attached hydrogens (tertiary/aromatic N) is 5. The predicted octanol–water partition coefficient (Wildman–Crippen LogP) is 5.61. The van der Waals surface area contributed by atoms with Crippen LogP contribution < -0.4 is 15.9 Å². The van der Waals surface area contributed by atoms with Crippen LogP contribution in [0.15, 0.2) is 59.9 Å². The van der Waals surface area contributed by atoms with Gasteiger partial charge in [0.1, 0.15) is 23.6 Å². The largest absolute Gasteiger partial charge is 0.384 e. The third-order valence-electron chi connectivity index (χ3n) is 8.84. The van der Waals surface area contributed by atoms with Crippen LogP contribution in [0.2, 0.25) is 0 Å². The van der Waals surface area contributed by atoms with Gasteiger partial charge in [0.25, 0.3) is 0 Å². The summed E-state index contributed by atoms with van der Waals surface area (Å²) < 4.78 is 33.2. The number of halogens is 2. The van der Waals surface area contributed by atoms with E-state index >= 15 is 8.78 Å². The summed E-state index contributed by atoms with van der Waals surface area (Å²) in [6.07, 6.45) is 2.02. The van der Waals surface area contributed by atoms with E-state index in [9.17, 15) is 9.90 Å². The molecule has 3 atom stereocenters. The molecule has 0 aliphatic carbocycles. The van der Waals surface area contributed by atoms with Crippen LogP contribution in [0.1, 0.15) is 51.2 Å². The van der Waals surface area contributed by atoms with Crippen molar-refractivity contribution in [3.05, 3.63) is 88.4 Å². The highest BCUT2D eigenvalue weighted by atomic mass is 19.1. The SMILES string of the molecule is C=CC(O)N1C[C@H](C)N(c2nc(=O)n3c4nc(c(F)cc24)-c2c(F)cccc2NCCCc2cccc(C(C)C)c2-3)C[C@H]1C. The average molecular weight is 601 g/mol. The minimum Gasteiger partial charge on any atom is -0.384 e. The number of rotatable bonds is 4. The van der Waals surface area contributed by atoms with Crippen LogP contribution >= 0.6 is 0 Å². The van der Waals surface area contributed by atoms with Gasteiger partial charge in [-0.3, -0.25) is 4.90 Å². The van der Waals surface area contributed by atoms with Gasteiger partial charge in [0.05, 0.1) is 16.6 Å². The van der Waals surface area contributed by atoms with Crippen molar-refractivity contribution in [2.24, 2.45) is 0 Å². The summed E-state index contributed by atoms with van der Waals surface area (Å²) in [7, 11) is 0. The van der Waals surface area contributed by atoms with Gasteiger partial charge in [-0.15, -0.1) is 0 Å². The van der Waals surface area contributed by atoms with Crippen molar-refractivity contribution in [2.75, 3.05) is 29.9 Å². The van der Waals surface area contributed by atoms with Gasteiger partial charge in [-0.25, -0.2) is 23.1 Å². The molecule has 2 N–H and O–H groups in total. The van der Waals surface area contributed by atoms with Crippen LogP contribution in [0.25, 0.3) is 28.0 Å². The summed E-state index contributed by atoms with van der Waals surface area (Å²) in [5, 5.41) is 14.1. The molecule has 2 aromatic heterocycles. The molecule has 2 aliphatic heterocycles. The first-order valence-corrected chi connectivity index (χ1v) is 15.2. The minimum absolute atomic E-state index is 0.0243. The van der Waals surface area contributed by atoms with E-state index in [1.54, 1.807) is 12.1 Å². The number of fused-ring (bicyclic) bond motifs is 5. The minimum atomic E-state index is -0.818. The Labute approximate surface area is 255 Å². The van der Waals surface area contributed by atoms with Crippen molar-refractivity contribution < 1.29 is 13.9 Å². The summed E-state index contributed by atoms with van der Waals surface area (Å²) in [4.78, 5) is 27.5. The normalized spacial score (nSPS) is 19.6. The van der Waals surface area contributed by atoms with Crippen molar-refractivity contribution >= 4 is 22.5 Å². The van der Waals surface area contributed by atoms with Crippen LogP contribution in [0, 0.1) is 11.6 Å². The highest BCUT2D eigenvalue weighted by molar-refractivity contribution is 5.91. The number of aromatic nitrogens is 3. The van der Waals surface area contributed by atoms with Crippen LogP contribution in [-0.4, -0.2) is 62.5 Å². The van der Waals surface area contributed by atoms with Crippen LogP contribution in [-0.2, 0) is 6.42 Å². The third kappa shape index (κ3) is 5.05. The molecule has 2 aliphatic rings. The average Bonchev–Trinajstić information content (AvgIpc) is 2.99. The summed E-state index contributed by atoms with van der Waals surface area (Å²) in [5.74, 6) is -0.937. The fraction of sp³-hybridized carbons (Fsp3) is 0.382. The number of aliphatic hydroxyl groups excluding tert-OH is 1. The van der Waals surface area contributed by atoms with Crippen molar-refractivity contribution in [1.29, 1.82) is 0 Å². The zero-order valence-corrected chi connectivity index (χ0v) is 25.5. The quantitative estimate of drug-likeness (QED) is 0.295. The molecule has 4 aromatic rings. The molecule has 0 saturated carbocycles. The molecule has 2 aromatic carbocycles. The van der Waals surface area contributed by atoms with Gasteiger partial charge in [-0.2, -0.15) is 4.98 Å². The second kappa shape index (κ2) is 11.7. The maximum atomic E-state index is 16.2. The standard InChI is InChI=1S/C34H38F2N6O2/c1-6-28(43)40-17-21(5)41(18-20(40)4)32-24-16-26(36)30-29-25(35)13-8-14-27(29)37-15-9-11-22-10-7-12-23(19(2)3)31(22)42(33(24)38-30)34(44)39-32/h6-8,10,12-14,16,19-21,28,37,43H,1,9,11,15,17-18H2,2-5H3/t20-,21+,28?/m1/s1. The molecule has 8 nitrogen and oxygen atoms in total. The molecule has 0 amide bonds. The lowest BCUT2D eigenvalue weighted by atomic mass is 9.95. The second-order valence-corrected chi connectivity index (χ2v) is 12.1. The van der Waals surface area contributed by atoms with Crippen molar-refractivity contribution in [3.8, 4) is 16.9 Å². The van der Waals surface area contributed by atoms with Gasteiger partial charge in [0.2, 0.25) is 0 Å². The molecule has 2 bridgehead atoms. The number of hydrogen-bond donors (Lipinski definition) is 2. The van der Waals surface area contributed by atoms with E-state index in [1.807, 2.05) is 41.8 Å². The van der Waals surface area contributed by atoms with E-state index in [4.69, 9.17) is 4.98 Å². The van der Waals surface area contributed by atoms with Crippen LogP contribution in [0.5, 0.6) is 0 Å². The van der Waals surface area contributed by atoms with E-state index in [0.29, 0.717) is 55.1 Å². The van der Waals surface area contributed by atoms with E-state index < -0.39 is 23.6 Å².